The zero-order chi connectivity index (χ0) is 14.5. The Hall–Kier alpha value is -0.430. The summed E-state index contributed by atoms with van der Waals surface area (Å²) < 4.78 is 6.22. The molecular weight excluding hydrogens is 353 g/mol. The minimum Gasteiger partial charge on any atom is -0.385 e. The predicted molar refractivity (Wildman–Crippen MR) is 87.8 cm³/mol. The van der Waals surface area contributed by atoms with Gasteiger partial charge < -0.3 is 10.1 Å². The summed E-state index contributed by atoms with van der Waals surface area (Å²) in [6.07, 6.45) is 1.80. The molecule has 0 aliphatic carbocycles. The summed E-state index contributed by atoms with van der Waals surface area (Å²) in [4.78, 5) is 9.37. The van der Waals surface area contributed by atoms with Crippen LogP contribution in [0.25, 0.3) is 0 Å². The van der Waals surface area contributed by atoms with Crippen LogP contribution >= 0.6 is 22.6 Å². The van der Waals surface area contributed by atoms with Crippen molar-refractivity contribution < 1.29 is 4.74 Å². The van der Waals surface area contributed by atoms with E-state index in [2.05, 4.69) is 60.6 Å². The van der Waals surface area contributed by atoms with Crippen LogP contribution in [0.2, 0.25) is 0 Å². The molecule has 0 radical (unpaired) electrons. The summed E-state index contributed by atoms with van der Waals surface area (Å²) in [5.41, 5.74) is 1.14. The maximum absolute atomic E-state index is 5.09. The number of halogens is 1. The Morgan fingerprint density at radius 3 is 2.47 bits per heavy atom. The van der Waals surface area contributed by atoms with Crippen molar-refractivity contribution in [2.75, 3.05) is 25.6 Å². The molecule has 1 aromatic rings. The zero-order valence-electron chi connectivity index (χ0n) is 12.5. The second-order valence-electron chi connectivity index (χ2n) is 5.53. The molecule has 0 unspecified atom stereocenters. The number of aromatic nitrogens is 2. The molecule has 0 atom stereocenters. The number of aryl methyl sites for hydroxylation is 1. The topological polar surface area (TPSA) is 47.0 Å². The van der Waals surface area contributed by atoms with Crippen molar-refractivity contribution >= 4 is 28.4 Å². The average molecular weight is 377 g/mol. The van der Waals surface area contributed by atoms with Gasteiger partial charge >= 0.3 is 0 Å². The van der Waals surface area contributed by atoms with Crippen LogP contribution in [0.5, 0.6) is 0 Å². The molecule has 19 heavy (non-hydrogen) atoms. The minimum absolute atomic E-state index is 0.0274. The third-order valence-electron chi connectivity index (χ3n) is 2.70. The van der Waals surface area contributed by atoms with Crippen molar-refractivity contribution in [3.63, 3.8) is 0 Å². The largest absolute Gasteiger partial charge is 0.385 e. The van der Waals surface area contributed by atoms with Crippen molar-refractivity contribution in [3.8, 4) is 0 Å². The Labute approximate surface area is 129 Å². The van der Waals surface area contributed by atoms with Gasteiger partial charge in [-0.1, -0.05) is 20.8 Å². The fraction of sp³-hybridized carbons (Fsp3) is 0.714. The van der Waals surface area contributed by atoms with Gasteiger partial charge in [-0.15, -0.1) is 0 Å². The average Bonchev–Trinajstić information content (AvgIpc) is 2.32. The molecule has 0 aliphatic rings. The molecule has 0 saturated carbocycles. The third kappa shape index (κ3) is 4.87. The Morgan fingerprint density at radius 1 is 1.26 bits per heavy atom. The van der Waals surface area contributed by atoms with Crippen LogP contribution in [0.3, 0.4) is 0 Å². The molecular formula is C14H24IN3O. The number of methoxy groups -OCH3 is 1. The molecule has 1 rings (SSSR count). The lowest BCUT2D eigenvalue weighted by Crippen LogP contribution is -2.20. The molecule has 4 nitrogen and oxygen atoms in total. The van der Waals surface area contributed by atoms with Crippen LogP contribution < -0.4 is 5.32 Å². The van der Waals surface area contributed by atoms with Gasteiger partial charge in [0.2, 0.25) is 0 Å². The van der Waals surface area contributed by atoms with Crippen LogP contribution in [-0.2, 0) is 16.6 Å². The van der Waals surface area contributed by atoms with E-state index in [9.17, 15) is 0 Å². The SMILES string of the molecule is CCNc1nc(CCCOC)nc(C(C)(C)C)c1I. The van der Waals surface area contributed by atoms with Crippen molar-refractivity contribution in [1.82, 2.24) is 9.97 Å². The van der Waals surface area contributed by atoms with Gasteiger partial charge in [-0.05, 0) is 35.9 Å². The van der Waals surface area contributed by atoms with Gasteiger partial charge in [-0.25, -0.2) is 9.97 Å². The molecule has 1 aromatic heterocycles. The highest BCUT2D eigenvalue weighted by Gasteiger charge is 2.22. The molecule has 0 fully saturated rings. The van der Waals surface area contributed by atoms with Gasteiger partial charge in [-0.3, -0.25) is 0 Å². The monoisotopic (exact) mass is 377 g/mol. The number of rotatable bonds is 6. The van der Waals surface area contributed by atoms with E-state index < -0.39 is 0 Å². The van der Waals surface area contributed by atoms with E-state index in [0.29, 0.717) is 0 Å². The highest BCUT2D eigenvalue weighted by atomic mass is 127. The molecule has 0 spiro atoms. The highest BCUT2D eigenvalue weighted by molar-refractivity contribution is 14.1. The first kappa shape index (κ1) is 16.6. The number of nitrogens with zero attached hydrogens (tertiary/aromatic N) is 2. The summed E-state index contributed by atoms with van der Waals surface area (Å²) in [5, 5.41) is 3.33. The molecule has 0 amide bonds. The number of hydrogen-bond acceptors (Lipinski definition) is 4. The summed E-state index contributed by atoms with van der Waals surface area (Å²) in [5.74, 6) is 1.86. The Morgan fingerprint density at radius 2 is 1.95 bits per heavy atom. The van der Waals surface area contributed by atoms with Crippen molar-refractivity contribution in [2.24, 2.45) is 0 Å². The van der Waals surface area contributed by atoms with Crippen LogP contribution in [-0.4, -0.2) is 30.2 Å². The molecule has 5 heteroatoms. The predicted octanol–water partition coefficient (Wildman–Crippen LogP) is 3.39. The molecule has 0 aromatic carbocycles. The number of nitrogens with one attached hydrogen (secondary N) is 1. The molecule has 0 bridgehead atoms. The summed E-state index contributed by atoms with van der Waals surface area (Å²) in [7, 11) is 1.72. The zero-order valence-corrected chi connectivity index (χ0v) is 14.7. The second-order valence-corrected chi connectivity index (χ2v) is 6.61. The standard InChI is InChI=1S/C14H24IN3O/c1-6-16-13-11(15)12(14(2,3)4)17-10(18-13)8-7-9-19-5/h6-9H2,1-5H3,(H,16,17,18). The van der Waals surface area contributed by atoms with Crippen LogP contribution in [0.4, 0.5) is 5.82 Å². The smallest absolute Gasteiger partial charge is 0.143 e. The first-order valence-electron chi connectivity index (χ1n) is 6.69. The van der Waals surface area contributed by atoms with E-state index in [4.69, 9.17) is 9.72 Å². The van der Waals surface area contributed by atoms with E-state index in [1.807, 2.05) is 0 Å². The van der Waals surface area contributed by atoms with Gasteiger partial charge in [0.05, 0.1) is 9.26 Å². The third-order valence-corrected chi connectivity index (χ3v) is 3.72. The molecule has 1 N–H and O–H groups in total. The Kier molecular flexibility index (Phi) is 6.46. The van der Waals surface area contributed by atoms with Crippen molar-refractivity contribution in [1.29, 1.82) is 0 Å². The number of hydrogen-bond donors (Lipinski definition) is 1. The first-order chi connectivity index (χ1) is 8.90. The maximum Gasteiger partial charge on any atom is 0.143 e. The van der Waals surface area contributed by atoms with E-state index in [1.54, 1.807) is 7.11 Å². The molecule has 1 heterocycles. The number of anilines is 1. The van der Waals surface area contributed by atoms with E-state index in [1.165, 1.54) is 0 Å². The van der Waals surface area contributed by atoms with Gasteiger partial charge in [0, 0.05) is 32.1 Å². The van der Waals surface area contributed by atoms with Crippen LogP contribution in [0, 0.1) is 3.57 Å². The number of ether oxygens (including phenoxy) is 1. The van der Waals surface area contributed by atoms with Gasteiger partial charge in [0.25, 0.3) is 0 Å². The molecule has 0 saturated heterocycles. The van der Waals surface area contributed by atoms with E-state index in [0.717, 1.165) is 46.9 Å². The van der Waals surface area contributed by atoms with Crippen molar-refractivity contribution in [2.45, 2.75) is 46.0 Å². The lowest BCUT2D eigenvalue weighted by molar-refractivity contribution is 0.194. The maximum atomic E-state index is 5.09. The fourth-order valence-corrected chi connectivity index (χ4v) is 3.00. The normalized spacial score (nSPS) is 11.7. The lowest BCUT2D eigenvalue weighted by Gasteiger charge is -2.22. The highest BCUT2D eigenvalue weighted by Crippen LogP contribution is 2.29. The molecule has 0 aliphatic heterocycles. The second kappa shape index (κ2) is 7.38. The minimum atomic E-state index is 0.0274. The van der Waals surface area contributed by atoms with Gasteiger partial charge in [0.1, 0.15) is 11.6 Å². The van der Waals surface area contributed by atoms with Crippen molar-refractivity contribution in [3.05, 3.63) is 15.1 Å². The summed E-state index contributed by atoms with van der Waals surface area (Å²) in [6, 6.07) is 0. The first-order valence-corrected chi connectivity index (χ1v) is 7.77. The van der Waals surface area contributed by atoms with Crippen LogP contribution in [0.15, 0.2) is 0 Å². The molecule has 108 valence electrons. The lowest BCUT2D eigenvalue weighted by atomic mass is 9.92. The fourth-order valence-electron chi connectivity index (χ4n) is 1.76. The Balaban J connectivity index is 3.08. The quantitative estimate of drug-likeness (QED) is 0.610. The van der Waals surface area contributed by atoms with Crippen LogP contribution in [0.1, 0.15) is 45.6 Å². The van der Waals surface area contributed by atoms with Gasteiger partial charge in [-0.2, -0.15) is 0 Å². The Bertz CT molecular complexity index is 416. The van der Waals surface area contributed by atoms with E-state index >= 15 is 0 Å². The summed E-state index contributed by atoms with van der Waals surface area (Å²) in [6.45, 7) is 10.3. The van der Waals surface area contributed by atoms with E-state index in [-0.39, 0.29) is 5.41 Å². The summed E-state index contributed by atoms with van der Waals surface area (Å²) >= 11 is 2.34. The van der Waals surface area contributed by atoms with Gasteiger partial charge in [0.15, 0.2) is 0 Å².